The smallest absolute Gasteiger partial charge is 0.0956 e. The van der Waals surface area contributed by atoms with Gasteiger partial charge in [-0.2, -0.15) is 0 Å². The average Bonchev–Trinajstić information content (AvgIpc) is 2.59. The Bertz CT molecular complexity index is 363. The lowest BCUT2D eigenvalue weighted by molar-refractivity contribution is 0.0241. The normalized spacial score (nSPS) is 30.2. The monoisotopic (exact) mass is 253 g/mol. The summed E-state index contributed by atoms with van der Waals surface area (Å²) in [6.07, 6.45) is 7.53. The van der Waals surface area contributed by atoms with Gasteiger partial charge in [-0.25, -0.2) is 4.98 Å². The van der Waals surface area contributed by atoms with E-state index in [4.69, 9.17) is 0 Å². The number of nitrogens with zero attached hydrogens (tertiary/aromatic N) is 1. The van der Waals surface area contributed by atoms with Gasteiger partial charge in [0, 0.05) is 17.5 Å². The van der Waals surface area contributed by atoms with Gasteiger partial charge < -0.3 is 5.11 Å². The van der Waals surface area contributed by atoms with E-state index in [2.05, 4.69) is 17.3 Å². The molecule has 1 aliphatic rings. The zero-order chi connectivity index (χ0) is 12.3. The molecule has 2 unspecified atom stereocenters. The molecule has 1 heterocycles. The van der Waals surface area contributed by atoms with E-state index in [1.165, 1.54) is 25.7 Å². The predicted molar refractivity (Wildman–Crippen MR) is 72.4 cm³/mol. The minimum absolute atomic E-state index is 0.492. The third-order valence-corrected chi connectivity index (χ3v) is 4.96. The molecule has 3 heteroatoms. The van der Waals surface area contributed by atoms with Gasteiger partial charge in [-0.05, 0) is 32.1 Å². The van der Waals surface area contributed by atoms with Gasteiger partial charge in [-0.3, -0.25) is 0 Å². The second-order valence-electron chi connectivity index (χ2n) is 5.49. The number of aromatic nitrogens is 1. The number of hydrogen-bond acceptors (Lipinski definition) is 3. The van der Waals surface area contributed by atoms with Crippen molar-refractivity contribution in [3.8, 4) is 0 Å². The zero-order valence-electron chi connectivity index (χ0n) is 10.9. The fourth-order valence-corrected chi connectivity index (χ4v) is 3.72. The van der Waals surface area contributed by atoms with Gasteiger partial charge in [0.1, 0.15) is 0 Å². The first kappa shape index (κ1) is 13.0. The summed E-state index contributed by atoms with van der Waals surface area (Å²) in [5.74, 6) is 0.821. The van der Waals surface area contributed by atoms with Gasteiger partial charge in [0.25, 0.3) is 0 Å². The van der Waals surface area contributed by atoms with Gasteiger partial charge in [0.05, 0.1) is 10.6 Å². The fourth-order valence-electron chi connectivity index (χ4n) is 2.81. The minimum Gasteiger partial charge on any atom is -0.389 e. The molecule has 0 spiro atoms. The number of aryl methyl sites for hydroxylation is 1. The van der Waals surface area contributed by atoms with E-state index < -0.39 is 5.60 Å². The van der Waals surface area contributed by atoms with Crippen LogP contribution >= 0.6 is 11.3 Å². The van der Waals surface area contributed by atoms with Crippen LogP contribution in [0.15, 0.2) is 5.38 Å². The lowest BCUT2D eigenvalue weighted by Gasteiger charge is -2.25. The molecule has 2 atom stereocenters. The first-order chi connectivity index (χ1) is 8.11. The number of thiazole rings is 1. The van der Waals surface area contributed by atoms with Crippen LogP contribution in [0.1, 0.15) is 56.2 Å². The Labute approximate surface area is 108 Å². The molecule has 0 saturated heterocycles. The highest BCUT2D eigenvalue weighted by Gasteiger charge is 2.31. The molecule has 1 fully saturated rings. The van der Waals surface area contributed by atoms with E-state index in [-0.39, 0.29) is 0 Å². The largest absolute Gasteiger partial charge is 0.389 e. The predicted octanol–water partition coefficient (Wildman–Crippen LogP) is 3.72. The molecule has 0 aromatic carbocycles. The molecule has 0 aliphatic heterocycles. The first-order valence-electron chi connectivity index (χ1n) is 6.75. The van der Waals surface area contributed by atoms with E-state index >= 15 is 0 Å². The van der Waals surface area contributed by atoms with Crippen molar-refractivity contribution >= 4 is 11.3 Å². The number of aliphatic hydroxyl groups is 1. The second kappa shape index (κ2) is 5.49. The zero-order valence-corrected chi connectivity index (χ0v) is 11.7. The second-order valence-corrected chi connectivity index (χ2v) is 6.43. The molecule has 1 aromatic rings. The van der Waals surface area contributed by atoms with Crippen molar-refractivity contribution < 1.29 is 5.11 Å². The van der Waals surface area contributed by atoms with Crippen molar-refractivity contribution in [1.82, 2.24) is 4.98 Å². The molecular weight excluding hydrogens is 230 g/mol. The van der Waals surface area contributed by atoms with Crippen LogP contribution in [-0.4, -0.2) is 15.7 Å². The van der Waals surface area contributed by atoms with Crippen molar-refractivity contribution in [1.29, 1.82) is 0 Å². The topological polar surface area (TPSA) is 33.1 Å². The highest BCUT2D eigenvalue weighted by molar-refractivity contribution is 7.09. The molecule has 0 amide bonds. The van der Waals surface area contributed by atoms with Crippen molar-refractivity contribution in [3.05, 3.63) is 16.1 Å². The highest BCUT2D eigenvalue weighted by Crippen LogP contribution is 2.34. The first-order valence-corrected chi connectivity index (χ1v) is 7.63. The fraction of sp³-hybridized carbons (Fsp3) is 0.786. The van der Waals surface area contributed by atoms with Crippen LogP contribution in [0.25, 0.3) is 0 Å². The van der Waals surface area contributed by atoms with Crippen LogP contribution in [0.4, 0.5) is 0 Å². The Morgan fingerprint density at radius 3 is 2.94 bits per heavy atom. The Morgan fingerprint density at radius 2 is 2.29 bits per heavy atom. The van der Waals surface area contributed by atoms with E-state index in [0.29, 0.717) is 0 Å². The number of hydrogen-bond donors (Lipinski definition) is 1. The van der Waals surface area contributed by atoms with Crippen molar-refractivity contribution in [3.63, 3.8) is 0 Å². The van der Waals surface area contributed by atoms with Crippen LogP contribution in [0.3, 0.4) is 0 Å². The molecular formula is C14H23NOS. The summed E-state index contributed by atoms with van der Waals surface area (Å²) in [6, 6.07) is 0. The van der Waals surface area contributed by atoms with E-state index in [1.807, 2.05) is 6.92 Å². The summed E-state index contributed by atoms with van der Waals surface area (Å²) in [6.45, 7) is 4.28. The molecule has 17 heavy (non-hydrogen) atoms. The molecule has 1 saturated carbocycles. The Kier molecular flexibility index (Phi) is 4.21. The summed E-state index contributed by atoms with van der Waals surface area (Å²) in [4.78, 5) is 4.48. The third-order valence-electron chi connectivity index (χ3n) is 4.00. The summed E-state index contributed by atoms with van der Waals surface area (Å²) in [5, 5.41) is 13.9. The van der Waals surface area contributed by atoms with Crippen LogP contribution in [-0.2, 0) is 6.42 Å². The van der Waals surface area contributed by atoms with Crippen LogP contribution < -0.4 is 0 Å². The molecule has 1 aliphatic carbocycles. The van der Waals surface area contributed by atoms with Gasteiger partial charge in [-0.15, -0.1) is 11.3 Å². The van der Waals surface area contributed by atoms with Crippen molar-refractivity contribution in [2.24, 2.45) is 5.92 Å². The van der Waals surface area contributed by atoms with Crippen molar-refractivity contribution in [2.75, 3.05) is 0 Å². The van der Waals surface area contributed by atoms with Crippen LogP contribution in [0.2, 0.25) is 0 Å². The maximum absolute atomic E-state index is 10.7. The molecule has 2 rings (SSSR count). The minimum atomic E-state index is -0.492. The standard InChI is InChI=1S/C14H23NOS/c1-3-12-5-4-7-14(16,8-6-12)9-13-15-11(2)10-17-13/h10,12,16H,3-9H2,1-2H3. The molecule has 96 valence electrons. The summed E-state index contributed by atoms with van der Waals surface area (Å²) < 4.78 is 0. The SMILES string of the molecule is CCC1CCCC(O)(Cc2nc(C)cs2)CC1. The Morgan fingerprint density at radius 1 is 1.47 bits per heavy atom. The van der Waals surface area contributed by atoms with Gasteiger partial charge in [0.2, 0.25) is 0 Å². The van der Waals surface area contributed by atoms with E-state index in [9.17, 15) is 5.11 Å². The summed E-state index contributed by atoms with van der Waals surface area (Å²) in [7, 11) is 0. The molecule has 1 N–H and O–H groups in total. The van der Waals surface area contributed by atoms with Crippen LogP contribution in [0.5, 0.6) is 0 Å². The maximum atomic E-state index is 10.7. The lowest BCUT2D eigenvalue weighted by Crippen LogP contribution is -2.30. The van der Waals surface area contributed by atoms with Gasteiger partial charge in [-0.1, -0.05) is 26.2 Å². The molecule has 0 radical (unpaired) electrons. The molecule has 0 bridgehead atoms. The molecule has 2 nitrogen and oxygen atoms in total. The average molecular weight is 253 g/mol. The quantitative estimate of drug-likeness (QED) is 0.833. The summed E-state index contributed by atoms with van der Waals surface area (Å²) in [5.41, 5.74) is 0.586. The van der Waals surface area contributed by atoms with E-state index in [0.717, 1.165) is 35.9 Å². The van der Waals surface area contributed by atoms with Crippen molar-refractivity contribution in [2.45, 2.75) is 64.4 Å². The van der Waals surface area contributed by atoms with Gasteiger partial charge >= 0.3 is 0 Å². The third kappa shape index (κ3) is 3.52. The highest BCUT2D eigenvalue weighted by atomic mass is 32.1. The summed E-state index contributed by atoms with van der Waals surface area (Å²) >= 11 is 1.68. The Balaban J connectivity index is 1.98. The Hall–Kier alpha value is -0.410. The van der Waals surface area contributed by atoms with Gasteiger partial charge in [0.15, 0.2) is 0 Å². The lowest BCUT2D eigenvalue weighted by atomic mass is 9.90. The van der Waals surface area contributed by atoms with E-state index in [1.54, 1.807) is 11.3 Å². The molecule has 1 aromatic heterocycles. The maximum Gasteiger partial charge on any atom is 0.0956 e. The van der Waals surface area contributed by atoms with Crippen LogP contribution in [0, 0.1) is 12.8 Å². The number of rotatable bonds is 3.